The minimum absolute atomic E-state index is 0.106. The summed E-state index contributed by atoms with van der Waals surface area (Å²) in [5.41, 5.74) is 2.35. The third kappa shape index (κ3) is 7.07. The number of rotatable bonds is 10. The zero-order valence-electron chi connectivity index (χ0n) is 19.3. The average molecular weight is 414 g/mol. The van der Waals surface area contributed by atoms with Crippen molar-refractivity contribution in [2.45, 2.75) is 63.8 Å². The van der Waals surface area contributed by atoms with Gasteiger partial charge in [-0.25, -0.2) is 0 Å². The van der Waals surface area contributed by atoms with Crippen LogP contribution in [0.1, 0.15) is 44.9 Å². The van der Waals surface area contributed by atoms with Gasteiger partial charge >= 0.3 is 0 Å². The van der Waals surface area contributed by atoms with Crippen LogP contribution in [0.2, 0.25) is 18.1 Å². The molecular formula is C25H39NO2Si. The van der Waals surface area contributed by atoms with Crippen LogP contribution in [0.4, 0.5) is 0 Å². The van der Waals surface area contributed by atoms with E-state index in [1.165, 1.54) is 11.1 Å². The first-order chi connectivity index (χ1) is 13.6. The summed E-state index contributed by atoms with van der Waals surface area (Å²) in [6.45, 7) is 15.0. The van der Waals surface area contributed by atoms with Crippen molar-refractivity contribution in [2.24, 2.45) is 0 Å². The Morgan fingerprint density at radius 3 is 1.97 bits per heavy atom. The van der Waals surface area contributed by atoms with Gasteiger partial charge in [0.05, 0.1) is 19.3 Å². The third-order valence-electron chi connectivity index (χ3n) is 6.04. The van der Waals surface area contributed by atoms with Gasteiger partial charge in [0, 0.05) is 12.6 Å². The molecule has 0 unspecified atom stereocenters. The number of hydrogen-bond acceptors (Lipinski definition) is 3. The second-order valence-corrected chi connectivity index (χ2v) is 14.6. The normalized spacial score (nSPS) is 15.7. The SMILES string of the molecule is COC[C@](C)(Cc1ccccc1)N[C@H](CO[Si](C)(C)C(C)(C)C)c1ccccc1. The standard InChI is InChI=1S/C25H39NO2Si/c1-24(2,3)29(6,7)28-19-23(22-16-12-9-13-17-22)26-25(4,20-27-5)18-21-14-10-8-11-15-21/h8-17,23,26H,18-20H2,1-7H3/t23-,25+/m1/s1. The number of benzene rings is 2. The number of hydrogen-bond donors (Lipinski definition) is 1. The fourth-order valence-electron chi connectivity index (χ4n) is 3.34. The van der Waals surface area contributed by atoms with Crippen molar-refractivity contribution in [3.8, 4) is 0 Å². The van der Waals surface area contributed by atoms with Crippen LogP contribution in [0.25, 0.3) is 0 Å². The molecule has 0 aliphatic rings. The molecule has 3 nitrogen and oxygen atoms in total. The first-order valence-electron chi connectivity index (χ1n) is 10.6. The molecule has 29 heavy (non-hydrogen) atoms. The summed E-state index contributed by atoms with van der Waals surface area (Å²) in [6, 6.07) is 21.3. The first kappa shape index (κ1) is 23.8. The Morgan fingerprint density at radius 2 is 1.45 bits per heavy atom. The Kier molecular flexibility index (Phi) is 8.24. The van der Waals surface area contributed by atoms with E-state index < -0.39 is 8.32 Å². The topological polar surface area (TPSA) is 30.5 Å². The van der Waals surface area contributed by atoms with Crippen LogP contribution in [-0.2, 0) is 15.6 Å². The van der Waals surface area contributed by atoms with E-state index in [-0.39, 0.29) is 16.6 Å². The molecular weight excluding hydrogens is 374 g/mol. The van der Waals surface area contributed by atoms with Crippen molar-refractivity contribution in [3.05, 3.63) is 71.8 Å². The Morgan fingerprint density at radius 1 is 0.897 bits per heavy atom. The molecule has 2 atom stereocenters. The second kappa shape index (κ2) is 10.0. The lowest BCUT2D eigenvalue weighted by molar-refractivity contribution is 0.100. The molecule has 4 heteroatoms. The molecule has 0 aliphatic heterocycles. The van der Waals surface area contributed by atoms with Crippen LogP contribution in [-0.4, -0.2) is 34.2 Å². The fourth-order valence-corrected chi connectivity index (χ4v) is 4.36. The summed E-state index contributed by atoms with van der Waals surface area (Å²) in [4.78, 5) is 0. The molecule has 0 radical (unpaired) electrons. The van der Waals surface area contributed by atoms with Gasteiger partial charge in [-0.05, 0) is 42.6 Å². The monoisotopic (exact) mass is 413 g/mol. The molecule has 1 N–H and O–H groups in total. The van der Waals surface area contributed by atoms with Crippen molar-refractivity contribution in [2.75, 3.05) is 20.3 Å². The highest BCUT2D eigenvalue weighted by Gasteiger charge is 2.38. The Labute approximate surface area is 179 Å². The lowest BCUT2D eigenvalue weighted by atomic mass is 9.91. The maximum Gasteiger partial charge on any atom is 0.192 e. The summed E-state index contributed by atoms with van der Waals surface area (Å²) in [5, 5.41) is 4.08. The summed E-state index contributed by atoms with van der Waals surface area (Å²) in [6.07, 6.45) is 0.894. The van der Waals surface area contributed by atoms with E-state index in [2.05, 4.69) is 107 Å². The average Bonchev–Trinajstić information content (AvgIpc) is 2.66. The minimum Gasteiger partial charge on any atom is -0.415 e. The quantitative estimate of drug-likeness (QED) is 0.486. The van der Waals surface area contributed by atoms with Gasteiger partial charge in [0.15, 0.2) is 8.32 Å². The highest BCUT2D eigenvalue weighted by Crippen LogP contribution is 2.37. The molecule has 0 spiro atoms. The van der Waals surface area contributed by atoms with Crippen molar-refractivity contribution in [3.63, 3.8) is 0 Å². The molecule has 0 amide bonds. The van der Waals surface area contributed by atoms with Gasteiger partial charge in [-0.1, -0.05) is 81.4 Å². The van der Waals surface area contributed by atoms with E-state index in [1.807, 2.05) is 0 Å². The van der Waals surface area contributed by atoms with Gasteiger partial charge in [0.2, 0.25) is 0 Å². The Hall–Kier alpha value is -1.46. The van der Waals surface area contributed by atoms with Gasteiger partial charge in [-0.15, -0.1) is 0 Å². The van der Waals surface area contributed by atoms with Crippen molar-refractivity contribution < 1.29 is 9.16 Å². The third-order valence-corrected chi connectivity index (χ3v) is 10.5. The van der Waals surface area contributed by atoms with E-state index >= 15 is 0 Å². The molecule has 0 saturated carbocycles. The molecule has 0 aromatic heterocycles. The summed E-state index contributed by atoms with van der Waals surface area (Å²) in [7, 11) is -0.0674. The predicted octanol–water partition coefficient (Wildman–Crippen LogP) is 5.99. The second-order valence-electron chi connectivity index (χ2n) is 9.83. The summed E-state index contributed by atoms with van der Waals surface area (Å²) in [5.74, 6) is 0. The zero-order valence-corrected chi connectivity index (χ0v) is 20.3. The van der Waals surface area contributed by atoms with E-state index in [0.717, 1.165) is 6.42 Å². The predicted molar refractivity (Wildman–Crippen MR) is 126 cm³/mol. The summed E-state index contributed by atoms with van der Waals surface area (Å²) < 4.78 is 12.2. The minimum atomic E-state index is -1.84. The van der Waals surface area contributed by atoms with Gasteiger partial charge in [-0.3, -0.25) is 0 Å². The van der Waals surface area contributed by atoms with Crippen LogP contribution in [0.3, 0.4) is 0 Å². The first-order valence-corrected chi connectivity index (χ1v) is 13.5. The van der Waals surface area contributed by atoms with E-state index in [9.17, 15) is 0 Å². The summed E-state index contributed by atoms with van der Waals surface area (Å²) >= 11 is 0. The molecule has 2 aromatic rings. The maximum absolute atomic E-state index is 6.62. The number of ether oxygens (including phenoxy) is 1. The van der Waals surface area contributed by atoms with Crippen molar-refractivity contribution in [1.29, 1.82) is 0 Å². The number of nitrogens with one attached hydrogen (secondary N) is 1. The number of methoxy groups -OCH3 is 1. The Balaban J connectivity index is 2.24. The molecule has 0 bridgehead atoms. The van der Waals surface area contributed by atoms with Crippen LogP contribution in [0.15, 0.2) is 60.7 Å². The fraction of sp³-hybridized carbons (Fsp3) is 0.520. The lowest BCUT2D eigenvalue weighted by Crippen LogP contribution is -2.52. The highest BCUT2D eigenvalue weighted by atomic mass is 28.4. The van der Waals surface area contributed by atoms with Crippen LogP contribution in [0.5, 0.6) is 0 Å². The zero-order chi connectivity index (χ0) is 21.5. The van der Waals surface area contributed by atoms with Gasteiger partial charge in [-0.2, -0.15) is 0 Å². The van der Waals surface area contributed by atoms with Crippen molar-refractivity contribution >= 4 is 8.32 Å². The van der Waals surface area contributed by atoms with E-state index in [4.69, 9.17) is 9.16 Å². The molecule has 2 aromatic carbocycles. The molecule has 0 fully saturated rings. The lowest BCUT2D eigenvalue weighted by Gasteiger charge is -2.40. The molecule has 160 valence electrons. The van der Waals surface area contributed by atoms with Crippen LogP contribution in [0, 0.1) is 0 Å². The van der Waals surface area contributed by atoms with Gasteiger partial charge < -0.3 is 14.5 Å². The van der Waals surface area contributed by atoms with Gasteiger partial charge in [0.1, 0.15) is 0 Å². The van der Waals surface area contributed by atoms with Crippen LogP contribution >= 0.6 is 0 Å². The smallest absolute Gasteiger partial charge is 0.192 e. The highest BCUT2D eigenvalue weighted by molar-refractivity contribution is 6.74. The largest absolute Gasteiger partial charge is 0.415 e. The molecule has 0 saturated heterocycles. The molecule has 0 aliphatic carbocycles. The van der Waals surface area contributed by atoms with Crippen molar-refractivity contribution in [1.82, 2.24) is 5.32 Å². The Bertz CT molecular complexity index is 727. The molecule has 2 rings (SSSR count). The van der Waals surface area contributed by atoms with E-state index in [0.29, 0.717) is 13.2 Å². The van der Waals surface area contributed by atoms with Crippen LogP contribution < -0.4 is 5.32 Å². The molecule has 0 heterocycles. The van der Waals surface area contributed by atoms with Gasteiger partial charge in [0.25, 0.3) is 0 Å². The maximum atomic E-state index is 6.62. The van der Waals surface area contributed by atoms with E-state index in [1.54, 1.807) is 7.11 Å².